The molecule has 2 heterocycles. The topological polar surface area (TPSA) is 26.8 Å². The minimum atomic E-state index is 0.0164. The van der Waals surface area contributed by atoms with Crippen LogP contribution < -0.4 is 4.90 Å². The number of anilines is 1. The summed E-state index contributed by atoms with van der Waals surface area (Å²) in [6.07, 6.45) is 5.74. The molecule has 0 aliphatic carbocycles. The highest BCUT2D eigenvalue weighted by atomic mass is 16.2. The van der Waals surface area contributed by atoms with Crippen molar-refractivity contribution in [2.24, 2.45) is 0 Å². The summed E-state index contributed by atoms with van der Waals surface area (Å²) in [5.41, 5.74) is 2.30. The molecule has 3 rings (SSSR count). The van der Waals surface area contributed by atoms with Crippen LogP contribution in [0.4, 0.5) is 10.5 Å². The second-order valence-electron chi connectivity index (χ2n) is 4.65. The fraction of sp³-hybridized carbons (Fsp3) is 0.286. The van der Waals surface area contributed by atoms with Gasteiger partial charge in [0.25, 0.3) is 0 Å². The van der Waals surface area contributed by atoms with Gasteiger partial charge >= 0.3 is 6.03 Å². The Morgan fingerprint density at radius 2 is 2.06 bits per heavy atom. The summed E-state index contributed by atoms with van der Waals surface area (Å²) in [7, 11) is 1.91. The highest BCUT2D eigenvalue weighted by Gasteiger charge is 2.27. The van der Waals surface area contributed by atoms with E-state index in [0.29, 0.717) is 0 Å². The highest BCUT2D eigenvalue weighted by molar-refractivity contribution is 5.94. The first-order chi connectivity index (χ1) is 8.75. The van der Waals surface area contributed by atoms with Crippen LogP contribution in [0.1, 0.15) is 12.0 Å². The molecule has 2 aliphatic rings. The van der Waals surface area contributed by atoms with Crippen LogP contribution in [0.25, 0.3) is 0 Å². The molecule has 93 valence electrons. The van der Waals surface area contributed by atoms with Crippen molar-refractivity contribution >= 4 is 11.7 Å². The molecule has 0 saturated heterocycles. The Balaban J connectivity index is 1.86. The Morgan fingerprint density at radius 3 is 2.83 bits per heavy atom. The molecule has 0 unspecified atom stereocenters. The molecule has 2 amide bonds. The van der Waals surface area contributed by atoms with Crippen molar-refractivity contribution in [3.8, 4) is 0 Å². The lowest BCUT2D eigenvalue weighted by Gasteiger charge is -2.32. The standard InChI is InChI=1S/C14H16N3O/c1-15-9-10-16(11-15)14(18)17-8-4-6-12-5-2-3-7-13(12)17/h2-3,5,7,9-11H,4,6,8H2,1H3. The number of rotatable bonds is 0. The van der Waals surface area contributed by atoms with Crippen molar-refractivity contribution in [2.75, 3.05) is 18.5 Å². The van der Waals surface area contributed by atoms with E-state index in [9.17, 15) is 4.79 Å². The number of amides is 2. The summed E-state index contributed by atoms with van der Waals surface area (Å²) in [5, 5.41) is 0. The number of hydrogen-bond donors (Lipinski definition) is 0. The molecule has 4 nitrogen and oxygen atoms in total. The predicted octanol–water partition coefficient (Wildman–Crippen LogP) is 2.40. The fourth-order valence-electron chi connectivity index (χ4n) is 2.44. The molecule has 0 spiro atoms. The number of para-hydroxylation sites is 1. The number of carbonyl (C=O) groups is 1. The first kappa shape index (κ1) is 11.1. The van der Waals surface area contributed by atoms with E-state index in [1.54, 1.807) is 17.8 Å². The van der Waals surface area contributed by atoms with Crippen LogP contribution in [0.2, 0.25) is 0 Å². The van der Waals surface area contributed by atoms with Crippen LogP contribution in [-0.2, 0) is 6.42 Å². The first-order valence-electron chi connectivity index (χ1n) is 6.19. The number of nitrogens with zero attached hydrogens (tertiary/aromatic N) is 3. The van der Waals surface area contributed by atoms with Crippen molar-refractivity contribution < 1.29 is 4.79 Å². The Kier molecular flexibility index (Phi) is 2.70. The summed E-state index contributed by atoms with van der Waals surface area (Å²) < 4.78 is 0. The summed E-state index contributed by atoms with van der Waals surface area (Å²) in [5.74, 6) is 0. The van der Waals surface area contributed by atoms with Crippen molar-refractivity contribution in [3.63, 3.8) is 0 Å². The van der Waals surface area contributed by atoms with Gasteiger partial charge in [0.2, 0.25) is 0 Å². The largest absolute Gasteiger partial charge is 0.355 e. The van der Waals surface area contributed by atoms with Gasteiger partial charge in [0.1, 0.15) is 6.67 Å². The Morgan fingerprint density at radius 1 is 1.22 bits per heavy atom. The van der Waals surface area contributed by atoms with E-state index in [1.165, 1.54) is 5.56 Å². The van der Waals surface area contributed by atoms with Gasteiger partial charge in [0.05, 0.1) is 0 Å². The van der Waals surface area contributed by atoms with E-state index >= 15 is 0 Å². The number of fused-ring (bicyclic) bond motifs is 1. The molecule has 1 radical (unpaired) electrons. The van der Waals surface area contributed by atoms with Gasteiger partial charge in [-0.1, -0.05) is 18.2 Å². The molecule has 2 aliphatic heterocycles. The third kappa shape index (κ3) is 1.83. The molecule has 0 atom stereocenters. The first-order valence-corrected chi connectivity index (χ1v) is 6.19. The SMILES string of the molecule is CN1[CH]N(C(=O)N2CCCc3ccccc32)C=C1. The van der Waals surface area contributed by atoms with E-state index in [2.05, 4.69) is 6.07 Å². The predicted molar refractivity (Wildman–Crippen MR) is 70.5 cm³/mol. The molecule has 0 aromatic heterocycles. The summed E-state index contributed by atoms with van der Waals surface area (Å²) >= 11 is 0. The number of benzene rings is 1. The zero-order valence-corrected chi connectivity index (χ0v) is 10.4. The van der Waals surface area contributed by atoms with Gasteiger partial charge in [-0.05, 0) is 24.5 Å². The summed E-state index contributed by atoms with van der Waals surface area (Å²) in [6.45, 7) is 2.58. The molecular formula is C14H16N3O. The van der Waals surface area contributed by atoms with Gasteiger partial charge in [-0.3, -0.25) is 9.80 Å². The third-order valence-corrected chi connectivity index (χ3v) is 3.33. The van der Waals surface area contributed by atoms with Gasteiger partial charge in [-0.15, -0.1) is 0 Å². The van der Waals surface area contributed by atoms with E-state index in [4.69, 9.17) is 0 Å². The Bertz CT molecular complexity index is 498. The number of urea groups is 1. The van der Waals surface area contributed by atoms with Crippen molar-refractivity contribution in [1.82, 2.24) is 9.80 Å². The van der Waals surface area contributed by atoms with Crippen LogP contribution >= 0.6 is 0 Å². The Labute approximate surface area is 107 Å². The maximum Gasteiger partial charge on any atom is 0.330 e. The van der Waals surface area contributed by atoms with Crippen molar-refractivity contribution in [3.05, 3.63) is 48.9 Å². The monoisotopic (exact) mass is 242 g/mol. The number of hydrogen-bond acceptors (Lipinski definition) is 2. The van der Waals surface area contributed by atoms with E-state index in [-0.39, 0.29) is 6.03 Å². The van der Waals surface area contributed by atoms with Crippen LogP contribution in [0.15, 0.2) is 36.7 Å². The lowest BCUT2D eigenvalue weighted by molar-refractivity contribution is 0.224. The smallest absolute Gasteiger partial charge is 0.330 e. The van der Waals surface area contributed by atoms with Crippen LogP contribution in [0, 0.1) is 6.67 Å². The van der Waals surface area contributed by atoms with Crippen LogP contribution in [0.5, 0.6) is 0 Å². The molecule has 0 saturated carbocycles. The number of aryl methyl sites for hydroxylation is 1. The van der Waals surface area contributed by atoms with Crippen LogP contribution in [0.3, 0.4) is 0 Å². The molecule has 1 aromatic carbocycles. The summed E-state index contributed by atoms with van der Waals surface area (Å²) in [4.78, 5) is 17.8. The maximum atomic E-state index is 12.5. The highest BCUT2D eigenvalue weighted by Crippen LogP contribution is 2.28. The molecule has 4 heteroatoms. The van der Waals surface area contributed by atoms with Crippen molar-refractivity contribution in [1.29, 1.82) is 0 Å². The molecule has 0 fully saturated rings. The van der Waals surface area contributed by atoms with Gasteiger partial charge in [0.15, 0.2) is 0 Å². The average Bonchev–Trinajstić information content (AvgIpc) is 2.84. The second-order valence-corrected chi connectivity index (χ2v) is 4.65. The van der Waals surface area contributed by atoms with E-state index < -0.39 is 0 Å². The molecule has 0 N–H and O–H groups in total. The zero-order valence-electron chi connectivity index (χ0n) is 10.4. The third-order valence-electron chi connectivity index (χ3n) is 3.33. The van der Waals surface area contributed by atoms with Gasteiger partial charge in [-0.25, -0.2) is 4.79 Å². The zero-order chi connectivity index (χ0) is 12.5. The Hall–Kier alpha value is -1.97. The van der Waals surface area contributed by atoms with E-state index in [1.807, 2.05) is 41.2 Å². The van der Waals surface area contributed by atoms with Gasteiger partial charge in [0, 0.05) is 31.7 Å². The van der Waals surface area contributed by atoms with Gasteiger partial charge in [-0.2, -0.15) is 0 Å². The maximum absolute atomic E-state index is 12.5. The fourth-order valence-corrected chi connectivity index (χ4v) is 2.44. The minimum Gasteiger partial charge on any atom is -0.355 e. The second kappa shape index (κ2) is 4.37. The molecular weight excluding hydrogens is 226 g/mol. The van der Waals surface area contributed by atoms with E-state index in [0.717, 1.165) is 25.1 Å². The molecule has 1 aromatic rings. The lowest BCUT2D eigenvalue weighted by atomic mass is 10.0. The molecule has 0 bridgehead atoms. The normalized spacial score (nSPS) is 18.2. The minimum absolute atomic E-state index is 0.0164. The lowest BCUT2D eigenvalue weighted by Crippen LogP contribution is -2.42. The number of carbonyl (C=O) groups excluding carboxylic acids is 1. The van der Waals surface area contributed by atoms with Crippen LogP contribution in [-0.4, -0.2) is 29.4 Å². The summed E-state index contributed by atoms with van der Waals surface area (Å²) in [6, 6.07) is 8.16. The molecule has 18 heavy (non-hydrogen) atoms. The average molecular weight is 242 g/mol. The van der Waals surface area contributed by atoms with Gasteiger partial charge < -0.3 is 4.90 Å². The quantitative estimate of drug-likeness (QED) is 0.698. The van der Waals surface area contributed by atoms with Crippen molar-refractivity contribution in [2.45, 2.75) is 12.8 Å².